The molecule has 104 valence electrons. The molecule has 0 heterocycles. The second-order valence-corrected chi connectivity index (χ2v) is 6.11. The van der Waals surface area contributed by atoms with Crippen LogP contribution in [0.2, 0.25) is 0 Å². The average Bonchev–Trinajstić information content (AvgIpc) is 2.89. The zero-order chi connectivity index (χ0) is 12.9. The Balaban J connectivity index is 1.42. The lowest BCUT2D eigenvalue weighted by Gasteiger charge is -2.25. The van der Waals surface area contributed by atoms with E-state index >= 15 is 0 Å². The van der Waals surface area contributed by atoms with Crippen LogP contribution >= 0.6 is 0 Å². The molecule has 2 nitrogen and oxygen atoms in total. The molecule has 0 aliphatic heterocycles. The van der Waals surface area contributed by atoms with Gasteiger partial charge in [-0.15, -0.1) is 0 Å². The van der Waals surface area contributed by atoms with Crippen LogP contribution in [0.25, 0.3) is 0 Å². The zero-order valence-electron chi connectivity index (χ0n) is 11.7. The van der Waals surface area contributed by atoms with E-state index in [1.807, 2.05) is 0 Å². The fourth-order valence-corrected chi connectivity index (χ4v) is 2.97. The fraction of sp³-hybridized carbons (Fsp3) is 0.647. The summed E-state index contributed by atoms with van der Waals surface area (Å²) in [6.45, 7) is 1.90. The Morgan fingerprint density at radius 2 is 1.68 bits per heavy atom. The van der Waals surface area contributed by atoms with Gasteiger partial charge in [0.1, 0.15) is 5.75 Å². The third-order valence-electron chi connectivity index (χ3n) is 4.58. The van der Waals surface area contributed by atoms with Gasteiger partial charge < -0.3 is 10.1 Å². The van der Waals surface area contributed by atoms with Gasteiger partial charge in [-0.3, -0.25) is 0 Å². The van der Waals surface area contributed by atoms with E-state index in [4.69, 9.17) is 4.74 Å². The van der Waals surface area contributed by atoms with Crippen molar-refractivity contribution in [3.05, 3.63) is 29.8 Å². The summed E-state index contributed by atoms with van der Waals surface area (Å²) in [5.41, 5.74) is 1.36. The van der Waals surface area contributed by atoms with Crippen molar-refractivity contribution in [3.8, 4) is 5.75 Å². The lowest BCUT2D eigenvalue weighted by Crippen LogP contribution is -2.25. The fourth-order valence-electron chi connectivity index (χ4n) is 2.97. The van der Waals surface area contributed by atoms with Gasteiger partial charge in [0.15, 0.2) is 0 Å². The average molecular weight is 259 g/mol. The van der Waals surface area contributed by atoms with Gasteiger partial charge in [-0.05, 0) is 49.3 Å². The SMILES string of the molecule is c1cc(OCC2CCC2)ccc1CNC1CCCC1. The molecule has 0 atom stereocenters. The Morgan fingerprint density at radius 3 is 2.32 bits per heavy atom. The highest BCUT2D eigenvalue weighted by atomic mass is 16.5. The highest BCUT2D eigenvalue weighted by Gasteiger charge is 2.17. The topological polar surface area (TPSA) is 21.3 Å². The van der Waals surface area contributed by atoms with E-state index in [0.717, 1.165) is 30.9 Å². The molecule has 0 saturated heterocycles. The molecule has 1 N–H and O–H groups in total. The van der Waals surface area contributed by atoms with Crippen molar-refractivity contribution in [2.75, 3.05) is 6.61 Å². The van der Waals surface area contributed by atoms with Crippen LogP contribution in [0.4, 0.5) is 0 Å². The second kappa shape index (κ2) is 6.42. The summed E-state index contributed by atoms with van der Waals surface area (Å²) in [5, 5.41) is 3.65. The van der Waals surface area contributed by atoms with Crippen molar-refractivity contribution in [2.45, 2.75) is 57.5 Å². The summed E-state index contributed by atoms with van der Waals surface area (Å²) in [6, 6.07) is 9.36. The summed E-state index contributed by atoms with van der Waals surface area (Å²) in [7, 11) is 0. The third-order valence-corrected chi connectivity index (χ3v) is 4.58. The largest absolute Gasteiger partial charge is 0.493 e. The molecular weight excluding hydrogens is 234 g/mol. The maximum absolute atomic E-state index is 5.82. The summed E-state index contributed by atoms with van der Waals surface area (Å²) in [4.78, 5) is 0. The van der Waals surface area contributed by atoms with E-state index in [0.29, 0.717) is 0 Å². The van der Waals surface area contributed by atoms with Crippen LogP contribution in [0.1, 0.15) is 50.5 Å². The molecule has 0 radical (unpaired) electrons. The van der Waals surface area contributed by atoms with Gasteiger partial charge in [-0.2, -0.15) is 0 Å². The molecule has 1 aromatic rings. The molecule has 0 unspecified atom stereocenters. The summed E-state index contributed by atoms with van der Waals surface area (Å²) in [6.07, 6.45) is 9.58. The molecule has 2 saturated carbocycles. The zero-order valence-corrected chi connectivity index (χ0v) is 11.7. The number of ether oxygens (including phenoxy) is 1. The first-order valence-electron chi connectivity index (χ1n) is 7.85. The van der Waals surface area contributed by atoms with Crippen LogP contribution in [-0.2, 0) is 6.54 Å². The molecule has 19 heavy (non-hydrogen) atoms. The van der Waals surface area contributed by atoms with Crippen molar-refractivity contribution >= 4 is 0 Å². The lowest BCUT2D eigenvalue weighted by atomic mass is 9.86. The van der Waals surface area contributed by atoms with Crippen LogP contribution in [0.3, 0.4) is 0 Å². The molecule has 0 amide bonds. The molecule has 0 spiro atoms. The maximum atomic E-state index is 5.82. The van der Waals surface area contributed by atoms with Gasteiger partial charge in [0.25, 0.3) is 0 Å². The molecule has 0 aromatic heterocycles. The minimum Gasteiger partial charge on any atom is -0.493 e. The highest BCUT2D eigenvalue weighted by molar-refractivity contribution is 5.27. The van der Waals surface area contributed by atoms with Crippen molar-refractivity contribution in [1.29, 1.82) is 0 Å². The number of rotatable bonds is 6. The molecular formula is C17H25NO. The van der Waals surface area contributed by atoms with Crippen molar-refractivity contribution in [3.63, 3.8) is 0 Å². The van der Waals surface area contributed by atoms with E-state index in [2.05, 4.69) is 29.6 Å². The first-order valence-corrected chi connectivity index (χ1v) is 7.85. The monoisotopic (exact) mass is 259 g/mol. The number of hydrogen-bond acceptors (Lipinski definition) is 2. The number of hydrogen-bond donors (Lipinski definition) is 1. The number of benzene rings is 1. The minimum atomic E-state index is 0.745. The van der Waals surface area contributed by atoms with Crippen molar-refractivity contribution in [1.82, 2.24) is 5.32 Å². The van der Waals surface area contributed by atoms with Crippen LogP contribution in [0, 0.1) is 5.92 Å². The molecule has 0 bridgehead atoms. The van der Waals surface area contributed by atoms with Gasteiger partial charge in [-0.1, -0.05) is 31.4 Å². The van der Waals surface area contributed by atoms with Crippen LogP contribution in [0.15, 0.2) is 24.3 Å². The Morgan fingerprint density at radius 1 is 0.947 bits per heavy atom. The van der Waals surface area contributed by atoms with E-state index in [1.165, 1.54) is 50.5 Å². The smallest absolute Gasteiger partial charge is 0.119 e. The Labute approximate surface area is 116 Å². The normalized spacial score (nSPS) is 20.4. The van der Waals surface area contributed by atoms with Gasteiger partial charge in [-0.25, -0.2) is 0 Å². The van der Waals surface area contributed by atoms with Crippen LogP contribution in [-0.4, -0.2) is 12.6 Å². The van der Waals surface area contributed by atoms with Gasteiger partial charge in [0.05, 0.1) is 6.61 Å². The van der Waals surface area contributed by atoms with E-state index in [1.54, 1.807) is 0 Å². The summed E-state index contributed by atoms with van der Waals surface area (Å²) >= 11 is 0. The molecule has 2 aliphatic rings. The second-order valence-electron chi connectivity index (χ2n) is 6.11. The van der Waals surface area contributed by atoms with Gasteiger partial charge in [0, 0.05) is 12.6 Å². The van der Waals surface area contributed by atoms with Crippen molar-refractivity contribution in [2.24, 2.45) is 5.92 Å². The van der Waals surface area contributed by atoms with Crippen molar-refractivity contribution < 1.29 is 4.74 Å². The van der Waals surface area contributed by atoms with Crippen LogP contribution < -0.4 is 10.1 Å². The third kappa shape index (κ3) is 3.73. The van der Waals surface area contributed by atoms with Gasteiger partial charge in [0.2, 0.25) is 0 Å². The maximum Gasteiger partial charge on any atom is 0.119 e. The lowest BCUT2D eigenvalue weighted by molar-refractivity contribution is 0.180. The predicted molar refractivity (Wildman–Crippen MR) is 78.4 cm³/mol. The Kier molecular flexibility index (Phi) is 4.39. The Bertz CT molecular complexity index is 377. The molecule has 1 aromatic carbocycles. The molecule has 3 rings (SSSR count). The molecule has 2 heteroatoms. The van der Waals surface area contributed by atoms with E-state index in [-0.39, 0.29) is 0 Å². The predicted octanol–water partition coefficient (Wildman–Crippen LogP) is 3.90. The van der Waals surface area contributed by atoms with E-state index in [9.17, 15) is 0 Å². The molecule has 2 aliphatic carbocycles. The minimum absolute atomic E-state index is 0.745. The molecule has 2 fully saturated rings. The first-order chi connectivity index (χ1) is 9.40. The summed E-state index contributed by atoms with van der Waals surface area (Å²) < 4.78 is 5.82. The number of nitrogens with one attached hydrogen (secondary N) is 1. The first kappa shape index (κ1) is 13.0. The van der Waals surface area contributed by atoms with E-state index < -0.39 is 0 Å². The van der Waals surface area contributed by atoms with Crippen LogP contribution in [0.5, 0.6) is 5.75 Å². The quantitative estimate of drug-likeness (QED) is 0.836. The standard InChI is InChI=1S/C17H25NO/c1-2-7-16(6-1)18-12-14-8-10-17(11-9-14)19-13-15-4-3-5-15/h8-11,15-16,18H,1-7,12-13H2. The summed E-state index contributed by atoms with van der Waals surface area (Å²) in [5.74, 6) is 1.83. The van der Waals surface area contributed by atoms with Gasteiger partial charge >= 0.3 is 0 Å². The Hall–Kier alpha value is -1.02. The highest BCUT2D eigenvalue weighted by Crippen LogP contribution is 2.27.